The van der Waals surface area contributed by atoms with Gasteiger partial charge in [0.05, 0.1) is 24.9 Å². The molecule has 0 bridgehead atoms. The topological polar surface area (TPSA) is 403 Å². The monoisotopic (exact) mass is 984 g/mol. The van der Waals surface area contributed by atoms with Gasteiger partial charge >= 0.3 is 5.97 Å². The number of nitrogens with one attached hydrogen (secondary N) is 8. The van der Waals surface area contributed by atoms with Crippen LogP contribution in [0.5, 0.6) is 5.75 Å². The third-order valence-corrected chi connectivity index (χ3v) is 11.0. The molecule has 25 heteroatoms. The Balaban J connectivity index is 3.07. The van der Waals surface area contributed by atoms with Gasteiger partial charge in [0.1, 0.15) is 54.1 Å². The van der Waals surface area contributed by atoms with Gasteiger partial charge in [-0.3, -0.25) is 38.4 Å². The van der Waals surface area contributed by atoms with E-state index < -0.39 is 126 Å². The summed E-state index contributed by atoms with van der Waals surface area (Å²) in [5.41, 5.74) is 12.2. The van der Waals surface area contributed by atoms with Crippen LogP contribution in [0.3, 0.4) is 0 Å². The van der Waals surface area contributed by atoms with Gasteiger partial charge in [-0.1, -0.05) is 32.4 Å². The maximum absolute atomic E-state index is 13.8. The molecule has 0 aliphatic carbocycles. The molecule has 24 nitrogen and oxygen atoms in total. The average Bonchev–Trinajstić information content (AvgIpc) is 3.26. The number of benzene rings is 1. The Morgan fingerprint density at radius 2 is 1.04 bits per heavy atom. The average molecular weight is 985 g/mol. The van der Waals surface area contributed by atoms with Crippen LogP contribution in [0, 0.1) is 5.92 Å². The lowest BCUT2D eigenvalue weighted by atomic mass is 10.00. The van der Waals surface area contributed by atoms with Crippen LogP contribution < -0.4 is 54.0 Å². The van der Waals surface area contributed by atoms with Crippen molar-refractivity contribution in [3.05, 3.63) is 29.8 Å². The predicted molar refractivity (Wildman–Crippen MR) is 250 cm³/mol. The van der Waals surface area contributed by atoms with E-state index in [1.54, 1.807) is 32.2 Å². The number of nitrogens with two attached hydrogens (primary N) is 2. The van der Waals surface area contributed by atoms with Gasteiger partial charge in [0.25, 0.3) is 0 Å². The molecule has 1 rings (SSSR count). The molecule has 0 aromatic heterocycles. The number of carbonyl (C=O) groups is 9. The fourth-order valence-corrected chi connectivity index (χ4v) is 6.78. The number of aliphatic carboxylic acids is 1. The van der Waals surface area contributed by atoms with Crippen LogP contribution >= 0.6 is 11.8 Å². The molecule has 68 heavy (non-hydrogen) atoms. The maximum atomic E-state index is 13.8. The number of thioether (sulfide) groups is 1. The normalized spacial score (nSPS) is 16.1. The number of aliphatic hydroxyl groups excluding tert-OH is 3. The highest BCUT2D eigenvalue weighted by Crippen LogP contribution is 2.13. The first-order valence-corrected chi connectivity index (χ1v) is 23.6. The molecule has 1 aromatic carbocycles. The van der Waals surface area contributed by atoms with Gasteiger partial charge in [0, 0.05) is 6.42 Å². The molecule has 0 spiro atoms. The van der Waals surface area contributed by atoms with Gasteiger partial charge in [0.15, 0.2) is 0 Å². The van der Waals surface area contributed by atoms with Gasteiger partial charge in [-0.05, 0) is 95.5 Å². The standard InChI is InChI=1S/C43H72N10O14S/c1-21(2)18-30(50-39(62)31(19-26-11-13-27(57)14-12-26)49-37(60)28(45)10-8-9-16-44)38(61)46-23(4)36(59)52-33(24(5)55)41(64)47-22(3)35(58)51-32(20-54)40(63)53-34(25(6)56)42(65)48-29(43(66)67)15-17-68-7/h11-14,21-25,28-34,54-57H,8-10,15-20,44-45H2,1-7H3,(H,46,61)(H,47,64)(H,48,65)(H,49,60)(H,50,62)(H,51,58)(H,52,59)(H,53,63)(H,66,67)/t22-,23-,24+,25+,28-,29-,30-,31-,32-,33-,34-/m0/s1. The Morgan fingerprint density at radius 3 is 1.54 bits per heavy atom. The van der Waals surface area contributed by atoms with Crippen molar-refractivity contribution < 1.29 is 68.7 Å². The molecular weight excluding hydrogens is 913 g/mol. The minimum atomic E-state index is -1.73. The van der Waals surface area contributed by atoms with Crippen molar-refractivity contribution >= 4 is 65.0 Å². The molecule has 384 valence electrons. The molecule has 0 saturated heterocycles. The van der Waals surface area contributed by atoms with Crippen LogP contribution in [-0.4, -0.2) is 171 Å². The lowest BCUT2D eigenvalue weighted by molar-refractivity contribution is -0.143. The van der Waals surface area contributed by atoms with Gasteiger partial charge in [-0.15, -0.1) is 0 Å². The summed E-state index contributed by atoms with van der Waals surface area (Å²) >= 11 is 1.33. The first-order chi connectivity index (χ1) is 31.9. The van der Waals surface area contributed by atoms with E-state index in [4.69, 9.17) is 11.5 Å². The highest BCUT2D eigenvalue weighted by Gasteiger charge is 2.35. The van der Waals surface area contributed by atoms with Gasteiger partial charge in [0.2, 0.25) is 47.3 Å². The number of hydrogen-bond donors (Lipinski definition) is 15. The predicted octanol–water partition coefficient (Wildman–Crippen LogP) is -4.05. The maximum Gasteiger partial charge on any atom is 0.326 e. The summed E-state index contributed by atoms with van der Waals surface area (Å²) in [7, 11) is 0. The molecular formula is C43H72N10O14S. The third-order valence-electron chi connectivity index (χ3n) is 10.3. The largest absolute Gasteiger partial charge is 0.508 e. The summed E-state index contributed by atoms with van der Waals surface area (Å²) in [5, 5.41) is 68.7. The molecule has 11 atom stereocenters. The Hall–Kier alpha value is -5.60. The van der Waals surface area contributed by atoms with Crippen LogP contribution in [0.25, 0.3) is 0 Å². The molecule has 17 N–H and O–H groups in total. The Morgan fingerprint density at radius 1 is 0.588 bits per heavy atom. The van der Waals surface area contributed by atoms with Crippen LogP contribution in [-0.2, 0) is 49.6 Å². The van der Waals surface area contributed by atoms with E-state index in [0.717, 1.165) is 13.8 Å². The fraction of sp³-hybridized carbons (Fsp3) is 0.651. The van der Waals surface area contributed by atoms with E-state index in [0.29, 0.717) is 37.1 Å². The Bertz CT molecular complexity index is 1840. The Labute approximate surface area is 400 Å². The number of carbonyl (C=O) groups excluding carboxylic acids is 8. The number of hydrogen-bond acceptors (Lipinski definition) is 16. The number of amides is 8. The van der Waals surface area contributed by atoms with E-state index in [1.165, 1.54) is 37.7 Å². The lowest BCUT2D eigenvalue weighted by Crippen LogP contribution is -2.62. The van der Waals surface area contributed by atoms with Crippen molar-refractivity contribution in [2.75, 3.05) is 25.2 Å². The molecule has 0 heterocycles. The summed E-state index contributed by atoms with van der Waals surface area (Å²) in [6, 6.07) is -6.78. The SMILES string of the molecule is CSCC[C@H](NC(=O)[C@@H](NC(=O)[C@H](CO)NC(=O)[C@H](C)NC(=O)[C@@H](NC(=O)[C@H](C)NC(=O)[C@H](CC(C)C)NC(=O)[C@H](Cc1ccc(O)cc1)NC(=O)[C@@H](N)CCCCN)[C@@H](C)O)[C@@H](C)O)C(=O)O. The number of carboxylic acids is 1. The molecule has 0 aliphatic rings. The number of carboxylic acid groups (broad SMARTS) is 1. The second-order valence-corrected chi connectivity index (χ2v) is 17.8. The number of rotatable bonds is 31. The van der Waals surface area contributed by atoms with Crippen molar-refractivity contribution in [1.82, 2.24) is 42.5 Å². The minimum Gasteiger partial charge on any atom is -0.508 e. The molecule has 0 unspecified atom stereocenters. The lowest BCUT2D eigenvalue weighted by Gasteiger charge is -2.28. The van der Waals surface area contributed by atoms with Crippen molar-refractivity contribution in [2.24, 2.45) is 17.4 Å². The number of aliphatic hydroxyl groups is 3. The van der Waals surface area contributed by atoms with E-state index in [2.05, 4.69) is 42.5 Å². The van der Waals surface area contributed by atoms with E-state index in [1.807, 2.05) is 0 Å². The van der Waals surface area contributed by atoms with Crippen molar-refractivity contribution in [2.45, 2.75) is 147 Å². The quantitative estimate of drug-likeness (QED) is 0.0315. The molecule has 0 radical (unpaired) electrons. The van der Waals surface area contributed by atoms with Crippen LogP contribution in [0.1, 0.15) is 79.2 Å². The van der Waals surface area contributed by atoms with E-state index in [-0.39, 0.29) is 30.9 Å². The van der Waals surface area contributed by atoms with Gasteiger partial charge in [-0.25, -0.2) is 4.79 Å². The summed E-state index contributed by atoms with van der Waals surface area (Å²) < 4.78 is 0. The van der Waals surface area contributed by atoms with Crippen molar-refractivity contribution in [1.29, 1.82) is 0 Å². The highest BCUT2D eigenvalue weighted by molar-refractivity contribution is 7.98. The number of aromatic hydroxyl groups is 1. The second-order valence-electron chi connectivity index (χ2n) is 16.9. The zero-order valence-corrected chi connectivity index (χ0v) is 40.4. The molecule has 8 amide bonds. The van der Waals surface area contributed by atoms with Crippen LogP contribution in [0.15, 0.2) is 24.3 Å². The summed E-state index contributed by atoms with van der Waals surface area (Å²) in [6.07, 6.45) is 0.233. The molecule has 0 aliphatic heterocycles. The summed E-state index contributed by atoms with van der Waals surface area (Å²) in [4.78, 5) is 118. The summed E-state index contributed by atoms with van der Waals surface area (Å²) in [5.74, 6) is -8.58. The third kappa shape index (κ3) is 21.6. The van der Waals surface area contributed by atoms with Crippen LogP contribution in [0.4, 0.5) is 0 Å². The number of phenols is 1. The second kappa shape index (κ2) is 30.7. The summed E-state index contributed by atoms with van der Waals surface area (Å²) in [6.45, 7) is 7.73. The van der Waals surface area contributed by atoms with E-state index >= 15 is 0 Å². The fourth-order valence-electron chi connectivity index (χ4n) is 6.31. The highest BCUT2D eigenvalue weighted by atomic mass is 32.2. The first-order valence-electron chi connectivity index (χ1n) is 22.2. The zero-order valence-electron chi connectivity index (χ0n) is 39.6. The number of unbranched alkanes of at least 4 members (excludes halogenated alkanes) is 1. The Kier molecular flexibility index (Phi) is 27.3. The van der Waals surface area contributed by atoms with Crippen molar-refractivity contribution in [3.8, 4) is 5.75 Å². The first kappa shape index (κ1) is 60.4. The molecule has 1 aromatic rings. The number of phenolic OH excluding ortho intramolecular Hbond substituents is 1. The molecule has 0 saturated carbocycles. The minimum absolute atomic E-state index is 0.0196. The smallest absolute Gasteiger partial charge is 0.326 e. The van der Waals surface area contributed by atoms with Gasteiger partial charge < -0.3 is 79.5 Å². The molecule has 0 fully saturated rings. The van der Waals surface area contributed by atoms with Crippen molar-refractivity contribution in [3.63, 3.8) is 0 Å². The van der Waals surface area contributed by atoms with Crippen LogP contribution in [0.2, 0.25) is 0 Å². The van der Waals surface area contributed by atoms with E-state index in [9.17, 15) is 68.7 Å². The zero-order chi connectivity index (χ0) is 51.8. The van der Waals surface area contributed by atoms with Gasteiger partial charge in [-0.2, -0.15) is 11.8 Å².